The molecule has 2 heterocycles. The standard InChI is InChI=1S/C17H10N2O2/c20-16-13-5-1-2-6-14(13)17(21)19(16)12-8-7-11-4-3-9-18-15(11)10-12/h1-10H. The molecule has 4 rings (SSSR count). The quantitative estimate of drug-likeness (QED) is 0.641. The molecule has 1 aliphatic heterocycles. The number of aromatic nitrogens is 1. The van der Waals surface area contributed by atoms with Crippen molar-refractivity contribution >= 4 is 28.4 Å². The predicted molar refractivity (Wildman–Crippen MR) is 79.3 cm³/mol. The molecule has 4 heteroatoms. The van der Waals surface area contributed by atoms with Crippen molar-refractivity contribution in [2.75, 3.05) is 4.90 Å². The molecule has 0 radical (unpaired) electrons. The zero-order valence-corrected chi connectivity index (χ0v) is 11.0. The molecular weight excluding hydrogens is 264 g/mol. The van der Waals surface area contributed by atoms with Crippen molar-refractivity contribution in [3.05, 3.63) is 71.9 Å². The number of fused-ring (bicyclic) bond motifs is 2. The third-order valence-electron chi connectivity index (χ3n) is 3.64. The fourth-order valence-electron chi connectivity index (χ4n) is 2.62. The van der Waals surface area contributed by atoms with E-state index in [1.165, 1.54) is 4.90 Å². The van der Waals surface area contributed by atoms with Gasteiger partial charge in [-0.2, -0.15) is 0 Å². The van der Waals surface area contributed by atoms with Crippen molar-refractivity contribution in [1.82, 2.24) is 4.98 Å². The number of benzene rings is 2. The zero-order chi connectivity index (χ0) is 14.4. The minimum Gasteiger partial charge on any atom is -0.268 e. The molecule has 0 N–H and O–H groups in total. The topological polar surface area (TPSA) is 50.3 Å². The largest absolute Gasteiger partial charge is 0.268 e. The highest BCUT2D eigenvalue weighted by molar-refractivity contribution is 6.34. The highest BCUT2D eigenvalue weighted by Gasteiger charge is 2.36. The van der Waals surface area contributed by atoms with E-state index < -0.39 is 0 Å². The highest BCUT2D eigenvalue weighted by Crippen LogP contribution is 2.29. The van der Waals surface area contributed by atoms with Crippen LogP contribution in [-0.2, 0) is 0 Å². The maximum Gasteiger partial charge on any atom is 0.266 e. The van der Waals surface area contributed by atoms with Crippen LogP contribution in [0.4, 0.5) is 5.69 Å². The second kappa shape index (κ2) is 4.24. The fourth-order valence-corrected chi connectivity index (χ4v) is 2.62. The van der Waals surface area contributed by atoms with Crippen molar-refractivity contribution in [3.63, 3.8) is 0 Å². The van der Waals surface area contributed by atoms with Gasteiger partial charge in [0, 0.05) is 11.6 Å². The molecule has 0 fully saturated rings. The van der Waals surface area contributed by atoms with Crippen molar-refractivity contribution in [3.8, 4) is 0 Å². The maximum absolute atomic E-state index is 12.4. The summed E-state index contributed by atoms with van der Waals surface area (Å²) in [6, 6.07) is 16.1. The molecule has 0 saturated heterocycles. The summed E-state index contributed by atoms with van der Waals surface area (Å²) in [5.41, 5.74) is 2.20. The number of rotatable bonds is 1. The van der Waals surface area contributed by atoms with Gasteiger partial charge in [0.2, 0.25) is 0 Å². The number of hydrogen-bond donors (Lipinski definition) is 0. The average Bonchev–Trinajstić information content (AvgIpc) is 2.79. The molecule has 0 unspecified atom stereocenters. The zero-order valence-electron chi connectivity index (χ0n) is 11.0. The molecule has 100 valence electrons. The third-order valence-corrected chi connectivity index (χ3v) is 3.64. The summed E-state index contributed by atoms with van der Waals surface area (Å²) in [7, 11) is 0. The lowest BCUT2D eigenvalue weighted by Gasteiger charge is -2.14. The van der Waals surface area contributed by atoms with E-state index in [0.29, 0.717) is 16.8 Å². The van der Waals surface area contributed by atoms with Gasteiger partial charge >= 0.3 is 0 Å². The summed E-state index contributed by atoms with van der Waals surface area (Å²) in [5, 5.41) is 0.970. The Labute approximate surface area is 120 Å². The first-order valence-electron chi connectivity index (χ1n) is 6.58. The Balaban J connectivity index is 1.86. The second-order valence-corrected chi connectivity index (χ2v) is 4.87. The molecule has 3 aromatic rings. The predicted octanol–water partition coefficient (Wildman–Crippen LogP) is 3.04. The number of carbonyl (C=O) groups excluding carboxylic acids is 2. The van der Waals surface area contributed by atoms with Gasteiger partial charge in [-0.15, -0.1) is 0 Å². The first-order valence-corrected chi connectivity index (χ1v) is 6.58. The Bertz CT molecular complexity index is 867. The van der Waals surface area contributed by atoms with Crippen molar-refractivity contribution < 1.29 is 9.59 Å². The van der Waals surface area contributed by atoms with E-state index >= 15 is 0 Å². The van der Waals surface area contributed by atoms with Crippen LogP contribution >= 0.6 is 0 Å². The van der Waals surface area contributed by atoms with Gasteiger partial charge in [0.05, 0.1) is 22.3 Å². The third kappa shape index (κ3) is 1.66. The Morgan fingerprint density at radius 1 is 0.810 bits per heavy atom. The lowest BCUT2D eigenvalue weighted by molar-refractivity contribution is 0.0926. The van der Waals surface area contributed by atoms with E-state index in [-0.39, 0.29) is 11.8 Å². The molecule has 2 amide bonds. The van der Waals surface area contributed by atoms with E-state index in [1.807, 2.05) is 18.2 Å². The Kier molecular flexibility index (Phi) is 2.38. The van der Waals surface area contributed by atoms with Crippen molar-refractivity contribution in [2.45, 2.75) is 0 Å². The van der Waals surface area contributed by atoms with E-state index in [2.05, 4.69) is 4.98 Å². The molecule has 0 saturated carbocycles. The van der Waals surface area contributed by atoms with Crippen LogP contribution in [0.5, 0.6) is 0 Å². The van der Waals surface area contributed by atoms with Gasteiger partial charge in [-0.05, 0) is 30.3 Å². The summed E-state index contributed by atoms with van der Waals surface area (Å²) >= 11 is 0. The van der Waals surface area contributed by atoms with Gasteiger partial charge in [0.1, 0.15) is 0 Å². The summed E-state index contributed by atoms with van der Waals surface area (Å²) in [6.07, 6.45) is 1.69. The van der Waals surface area contributed by atoms with Crippen LogP contribution in [0, 0.1) is 0 Å². The van der Waals surface area contributed by atoms with E-state index in [0.717, 1.165) is 10.9 Å². The van der Waals surface area contributed by atoms with Gasteiger partial charge in [-0.1, -0.05) is 24.3 Å². The molecule has 1 aliphatic rings. The number of amides is 2. The maximum atomic E-state index is 12.4. The average molecular weight is 274 g/mol. The van der Waals surface area contributed by atoms with Crippen LogP contribution < -0.4 is 4.90 Å². The van der Waals surface area contributed by atoms with Crippen LogP contribution in [0.1, 0.15) is 20.7 Å². The first-order chi connectivity index (χ1) is 10.3. The summed E-state index contributed by atoms with van der Waals surface area (Å²) < 4.78 is 0. The first kappa shape index (κ1) is 11.8. The number of nitrogens with zero attached hydrogens (tertiary/aromatic N) is 2. The molecule has 21 heavy (non-hydrogen) atoms. The van der Waals surface area contributed by atoms with E-state index in [9.17, 15) is 9.59 Å². The molecule has 0 bridgehead atoms. The number of hydrogen-bond acceptors (Lipinski definition) is 3. The molecule has 0 atom stereocenters. The molecule has 2 aromatic carbocycles. The number of carbonyl (C=O) groups is 2. The Hall–Kier alpha value is -3.01. The second-order valence-electron chi connectivity index (χ2n) is 4.87. The highest BCUT2D eigenvalue weighted by atomic mass is 16.2. The summed E-state index contributed by atoms with van der Waals surface area (Å²) in [4.78, 5) is 30.3. The molecule has 0 spiro atoms. The van der Waals surface area contributed by atoms with Crippen LogP contribution in [-0.4, -0.2) is 16.8 Å². The smallest absolute Gasteiger partial charge is 0.266 e. The number of imide groups is 1. The Morgan fingerprint density at radius 2 is 1.52 bits per heavy atom. The SMILES string of the molecule is O=C1c2ccccc2C(=O)N1c1ccc2cccnc2c1. The molecular formula is C17H10N2O2. The van der Waals surface area contributed by atoms with Crippen LogP contribution in [0.3, 0.4) is 0 Å². The fraction of sp³-hybridized carbons (Fsp3) is 0. The lowest BCUT2D eigenvalue weighted by Crippen LogP contribution is -2.29. The van der Waals surface area contributed by atoms with Crippen LogP contribution in [0.25, 0.3) is 10.9 Å². The minimum absolute atomic E-state index is 0.286. The summed E-state index contributed by atoms with van der Waals surface area (Å²) in [5.74, 6) is -0.572. The van der Waals surface area contributed by atoms with Crippen LogP contribution in [0.2, 0.25) is 0 Å². The van der Waals surface area contributed by atoms with Crippen LogP contribution in [0.15, 0.2) is 60.8 Å². The Morgan fingerprint density at radius 3 is 2.24 bits per heavy atom. The van der Waals surface area contributed by atoms with Crippen molar-refractivity contribution in [2.24, 2.45) is 0 Å². The molecule has 0 aliphatic carbocycles. The normalized spacial score (nSPS) is 13.8. The minimum atomic E-state index is -0.286. The number of pyridine rings is 1. The van der Waals surface area contributed by atoms with E-state index in [1.54, 1.807) is 42.6 Å². The molecule has 1 aromatic heterocycles. The summed E-state index contributed by atoms with van der Waals surface area (Å²) in [6.45, 7) is 0. The lowest BCUT2D eigenvalue weighted by atomic mass is 10.1. The van der Waals surface area contributed by atoms with E-state index in [4.69, 9.17) is 0 Å². The number of anilines is 1. The van der Waals surface area contributed by atoms with Gasteiger partial charge in [0.25, 0.3) is 11.8 Å². The van der Waals surface area contributed by atoms with Gasteiger partial charge < -0.3 is 0 Å². The monoisotopic (exact) mass is 274 g/mol. The van der Waals surface area contributed by atoms with Gasteiger partial charge in [-0.3, -0.25) is 14.6 Å². The van der Waals surface area contributed by atoms with Crippen molar-refractivity contribution in [1.29, 1.82) is 0 Å². The van der Waals surface area contributed by atoms with Gasteiger partial charge in [0.15, 0.2) is 0 Å². The van der Waals surface area contributed by atoms with Gasteiger partial charge in [-0.25, -0.2) is 4.90 Å². The molecule has 4 nitrogen and oxygen atoms in total.